The van der Waals surface area contributed by atoms with Crippen LogP contribution in [-0.4, -0.2) is 58.7 Å². The van der Waals surface area contributed by atoms with E-state index >= 15 is 4.39 Å². The lowest BCUT2D eigenvalue weighted by atomic mass is 10.0. The number of rotatable bonds is 9. The van der Waals surface area contributed by atoms with Gasteiger partial charge in [-0.2, -0.15) is 28.0 Å². The van der Waals surface area contributed by atoms with Crippen molar-refractivity contribution >= 4 is 11.6 Å². The van der Waals surface area contributed by atoms with Gasteiger partial charge in [0.25, 0.3) is 0 Å². The quantitative estimate of drug-likeness (QED) is 0.204. The molecule has 0 N–H and O–H groups in total. The van der Waals surface area contributed by atoms with E-state index in [-0.39, 0.29) is 39.8 Å². The van der Waals surface area contributed by atoms with E-state index in [1.54, 1.807) is 18.3 Å². The molecule has 12 nitrogen and oxygen atoms in total. The molecule has 0 amide bonds. The summed E-state index contributed by atoms with van der Waals surface area (Å²) < 4.78 is 49.9. The minimum atomic E-state index is -2.83. The van der Waals surface area contributed by atoms with Crippen LogP contribution in [0.15, 0.2) is 55.4 Å². The van der Waals surface area contributed by atoms with Crippen LogP contribution in [0.3, 0.4) is 0 Å². The number of pyridine rings is 1. The first kappa shape index (κ1) is 25.3. The van der Waals surface area contributed by atoms with E-state index in [1.807, 2.05) is 0 Å². The van der Waals surface area contributed by atoms with Crippen LogP contribution in [0.5, 0.6) is 0 Å². The third-order valence-electron chi connectivity index (χ3n) is 5.77. The van der Waals surface area contributed by atoms with Crippen molar-refractivity contribution in [1.82, 2.24) is 45.0 Å². The number of nitrogens with zero attached hydrogens (tertiary/aromatic N) is 10. The molecule has 0 fully saturated rings. The second-order valence-electron chi connectivity index (χ2n) is 8.05. The molecule has 0 bridgehead atoms. The highest BCUT2D eigenvalue weighted by atomic mass is 35.5. The standard InChI is InChI=1S/C22H18ClF3N10O2/c1-38-7-6-17(33-9-14(8-28-33)16-11-34(22(25)26)31-29-16)18-4-2-13(10-36(18)37)20-19(35-12-27-30-32-35)5-3-15(23)21(20)24/h2-5,8-12,17,22H,6-7H2,1H3/t17-/m0/s1. The molecule has 5 aromatic rings. The van der Waals surface area contributed by atoms with E-state index in [1.165, 1.54) is 47.3 Å². The van der Waals surface area contributed by atoms with Crippen molar-refractivity contribution in [1.29, 1.82) is 0 Å². The molecule has 0 saturated carbocycles. The monoisotopic (exact) mass is 546 g/mol. The Balaban J connectivity index is 1.53. The molecule has 16 heteroatoms. The molecule has 0 saturated heterocycles. The first-order valence-electron chi connectivity index (χ1n) is 11.1. The second-order valence-corrected chi connectivity index (χ2v) is 8.45. The molecule has 0 aliphatic carbocycles. The van der Waals surface area contributed by atoms with Gasteiger partial charge < -0.3 is 9.94 Å². The Morgan fingerprint density at radius 3 is 2.63 bits per heavy atom. The van der Waals surface area contributed by atoms with Gasteiger partial charge in [-0.25, -0.2) is 4.39 Å². The average molecular weight is 547 g/mol. The van der Waals surface area contributed by atoms with Gasteiger partial charge in [0.15, 0.2) is 12.0 Å². The van der Waals surface area contributed by atoms with E-state index < -0.39 is 18.4 Å². The Bertz CT molecular complexity index is 1560. The van der Waals surface area contributed by atoms with Crippen molar-refractivity contribution < 1.29 is 22.6 Å². The number of benzene rings is 1. The minimum absolute atomic E-state index is 0.0397. The minimum Gasteiger partial charge on any atom is -0.618 e. The normalized spacial score (nSPS) is 12.4. The Hall–Kier alpha value is -4.37. The Morgan fingerprint density at radius 1 is 1.11 bits per heavy atom. The van der Waals surface area contributed by atoms with Crippen LogP contribution in [0.1, 0.15) is 24.7 Å². The van der Waals surface area contributed by atoms with Gasteiger partial charge in [-0.15, -0.1) is 10.2 Å². The lowest BCUT2D eigenvalue weighted by molar-refractivity contribution is -0.615. The van der Waals surface area contributed by atoms with Gasteiger partial charge in [-0.05, 0) is 28.6 Å². The van der Waals surface area contributed by atoms with Crippen LogP contribution in [0.2, 0.25) is 5.02 Å². The van der Waals surface area contributed by atoms with Crippen LogP contribution in [0, 0.1) is 11.0 Å². The SMILES string of the molecule is COCC[C@@H](c1ccc(-c2c(-n3cnnn3)ccc(Cl)c2F)c[n+]1[O-])n1cc(-c2cn(C(F)F)nn2)cn1. The molecule has 0 spiro atoms. The van der Waals surface area contributed by atoms with Gasteiger partial charge in [-0.3, -0.25) is 4.68 Å². The molecule has 0 radical (unpaired) electrons. The maximum absolute atomic E-state index is 15.2. The third kappa shape index (κ3) is 4.80. The molecule has 1 atom stereocenters. The van der Waals surface area contributed by atoms with Gasteiger partial charge in [0.2, 0.25) is 5.69 Å². The fraction of sp³-hybridized carbons (Fsp3) is 0.227. The van der Waals surface area contributed by atoms with Crippen molar-refractivity contribution in [3.05, 3.63) is 77.1 Å². The van der Waals surface area contributed by atoms with Crippen LogP contribution in [0.4, 0.5) is 13.2 Å². The van der Waals surface area contributed by atoms with E-state index in [9.17, 15) is 14.0 Å². The molecule has 4 aromatic heterocycles. The summed E-state index contributed by atoms with van der Waals surface area (Å²) in [5.41, 5.74) is 1.47. The molecule has 0 unspecified atom stereocenters. The molecule has 0 aliphatic heterocycles. The van der Waals surface area contributed by atoms with Crippen molar-refractivity contribution in [2.75, 3.05) is 13.7 Å². The molecular formula is C22H18ClF3N10O2. The molecule has 5 rings (SSSR count). The van der Waals surface area contributed by atoms with E-state index in [0.29, 0.717) is 21.4 Å². The van der Waals surface area contributed by atoms with E-state index in [4.69, 9.17) is 16.3 Å². The van der Waals surface area contributed by atoms with Crippen LogP contribution >= 0.6 is 11.6 Å². The smallest absolute Gasteiger partial charge is 0.334 e. The largest absolute Gasteiger partial charge is 0.618 e. The van der Waals surface area contributed by atoms with Crippen molar-refractivity contribution in [3.8, 4) is 28.1 Å². The lowest BCUT2D eigenvalue weighted by Crippen LogP contribution is -2.36. The lowest BCUT2D eigenvalue weighted by Gasteiger charge is -2.18. The Kier molecular flexibility index (Phi) is 7.02. The molecule has 196 valence electrons. The first-order valence-corrected chi connectivity index (χ1v) is 11.4. The summed E-state index contributed by atoms with van der Waals surface area (Å²) in [4.78, 5) is 0. The third-order valence-corrected chi connectivity index (χ3v) is 6.06. The highest BCUT2D eigenvalue weighted by Crippen LogP contribution is 2.33. The number of hydrogen-bond acceptors (Lipinski definition) is 8. The molecular weight excluding hydrogens is 529 g/mol. The summed E-state index contributed by atoms with van der Waals surface area (Å²) in [6, 6.07) is 5.42. The van der Waals surface area contributed by atoms with Crippen molar-refractivity contribution in [2.24, 2.45) is 0 Å². The Morgan fingerprint density at radius 2 is 1.95 bits per heavy atom. The second kappa shape index (κ2) is 10.5. The molecule has 0 aliphatic rings. The van der Waals surface area contributed by atoms with Crippen LogP contribution in [0.25, 0.3) is 28.1 Å². The zero-order valence-corrected chi connectivity index (χ0v) is 20.3. The van der Waals surface area contributed by atoms with Crippen molar-refractivity contribution in [2.45, 2.75) is 19.0 Å². The fourth-order valence-electron chi connectivity index (χ4n) is 3.97. The molecule has 38 heavy (non-hydrogen) atoms. The fourth-order valence-corrected chi connectivity index (χ4v) is 4.12. The first-order chi connectivity index (χ1) is 18.4. The van der Waals surface area contributed by atoms with Gasteiger partial charge >= 0.3 is 6.55 Å². The zero-order valence-electron chi connectivity index (χ0n) is 19.6. The topological polar surface area (TPSA) is 128 Å². The average Bonchev–Trinajstić information content (AvgIpc) is 3.68. The number of alkyl halides is 2. The number of aromatic nitrogens is 10. The highest BCUT2D eigenvalue weighted by Gasteiger charge is 2.26. The van der Waals surface area contributed by atoms with Crippen LogP contribution < -0.4 is 4.73 Å². The number of tetrazole rings is 1. The number of hydrogen-bond donors (Lipinski definition) is 0. The molecule has 4 heterocycles. The van der Waals surface area contributed by atoms with Gasteiger partial charge in [0.1, 0.15) is 18.1 Å². The highest BCUT2D eigenvalue weighted by molar-refractivity contribution is 6.31. The summed E-state index contributed by atoms with van der Waals surface area (Å²) in [6.07, 6.45) is 6.96. The van der Waals surface area contributed by atoms with Crippen LogP contribution in [-0.2, 0) is 4.74 Å². The summed E-state index contributed by atoms with van der Waals surface area (Å²) in [5.74, 6) is -0.739. The van der Waals surface area contributed by atoms with Gasteiger partial charge in [-0.1, -0.05) is 16.8 Å². The number of halogens is 4. The molecule has 1 aromatic carbocycles. The summed E-state index contributed by atoms with van der Waals surface area (Å²) >= 11 is 6.03. The number of methoxy groups -OCH3 is 1. The predicted octanol–water partition coefficient (Wildman–Crippen LogP) is 3.23. The predicted molar refractivity (Wildman–Crippen MR) is 126 cm³/mol. The zero-order chi connectivity index (χ0) is 26.8. The maximum atomic E-state index is 15.2. The number of ether oxygens (including phenoxy) is 1. The summed E-state index contributed by atoms with van der Waals surface area (Å²) in [5, 5.41) is 35.5. The van der Waals surface area contributed by atoms with Gasteiger partial charge in [0.05, 0.1) is 34.2 Å². The van der Waals surface area contributed by atoms with Crippen molar-refractivity contribution in [3.63, 3.8) is 0 Å². The van der Waals surface area contributed by atoms with Gasteiger partial charge in [0, 0.05) is 38.0 Å². The Labute approximate surface area is 217 Å². The van der Waals surface area contributed by atoms with E-state index in [0.717, 1.165) is 6.20 Å². The summed E-state index contributed by atoms with van der Waals surface area (Å²) in [6.45, 7) is -2.54. The summed E-state index contributed by atoms with van der Waals surface area (Å²) in [7, 11) is 1.52. The van der Waals surface area contributed by atoms with E-state index in [2.05, 4.69) is 30.9 Å². The maximum Gasteiger partial charge on any atom is 0.334 e.